The third-order valence-corrected chi connectivity index (χ3v) is 5.86. The van der Waals surface area contributed by atoms with Gasteiger partial charge in [0.15, 0.2) is 5.78 Å². The summed E-state index contributed by atoms with van der Waals surface area (Å²) >= 11 is 5.93. The maximum Gasteiger partial charge on any atom is 0.291 e. The lowest BCUT2D eigenvalue weighted by atomic mass is 9.87. The van der Waals surface area contributed by atoms with E-state index in [1.807, 2.05) is 0 Å². The van der Waals surface area contributed by atoms with E-state index in [0.717, 1.165) is 13.1 Å². The molecule has 0 aliphatic carbocycles. The van der Waals surface area contributed by atoms with Crippen LogP contribution >= 0.6 is 11.6 Å². The fraction of sp³-hybridized carbons (Fsp3) is 0.364. The SMILES string of the molecule is O=C1C(=O)N(CCN2CCOCC2)C(c2cccnc2)C1C(=O)c1ccc(Cl)cc1. The third-order valence-electron chi connectivity index (χ3n) is 5.60. The first-order valence-electron chi connectivity index (χ1n) is 9.91. The van der Waals surface area contributed by atoms with Crippen LogP contribution in [0.25, 0.3) is 0 Å². The number of hydrogen-bond acceptors (Lipinski definition) is 6. The average Bonchev–Trinajstić information content (AvgIpc) is 3.04. The lowest BCUT2D eigenvalue weighted by Crippen LogP contribution is -2.42. The van der Waals surface area contributed by atoms with Crippen molar-refractivity contribution >= 4 is 29.1 Å². The molecule has 8 heteroatoms. The van der Waals surface area contributed by atoms with Gasteiger partial charge in [-0.2, -0.15) is 0 Å². The fourth-order valence-electron chi connectivity index (χ4n) is 4.02. The smallest absolute Gasteiger partial charge is 0.291 e. The molecule has 2 aromatic rings. The fourth-order valence-corrected chi connectivity index (χ4v) is 4.14. The van der Waals surface area contributed by atoms with Crippen molar-refractivity contribution in [2.45, 2.75) is 6.04 Å². The van der Waals surface area contributed by atoms with Gasteiger partial charge in [-0.25, -0.2) is 0 Å². The molecule has 2 fully saturated rings. The second-order valence-electron chi connectivity index (χ2n) is 7.40. The van der Waals surface area contributed by atoms with E-state index in [0.29, 0.717) is 42.5 Å². The minimum atomic E-state index is -1.10. The zero-order valence-corrected chi connectivity index (χ0v) is 17.1. The Morgan fingerprint density at radius 3 is 2.50 bits per heavy atom. The largest absolute Gasteiger partial charge is 0.379 e. The number of nitrogens with zero attached hydrogens (tertiary/aromatic N) is 3. The van der Waals surface area contributed by atoms with E-state index in [1.165, 1.54) is 4.90 Å². The van der Waals surface area contributed by atoms with Crippen molar-refractivity contribution in [3.63, 3.8) is 0 Å². The van der Waals surface area contributed by atoms with Crippen LogP contribution in [0.3, 0.4) is 0 Å². The van der Waals surface area contributed by atoms with Gasteiger partial charge in [-0.15, -0.1) is 0 Å². The molecule has 3 heterocycles. The van der Waals surface area contributed by atoms with Gasteiger partial charge in [-0.3, -0.25) is 24.3 Å². The predicted molar refractivity (Wildman–Crippen MR) is 110 cm³/mol. The molecule has 2 aliphatic heterocycles. The van der Waals surface area contributed by atoms with Crippen molar-refractivity contribution in [1.82, 2.24) is 14.8 Å². The van der Waals surface area contributed by atoms with Gasteiger partial charge >= 0.3 is 0 Å². The van der Waals surface area contributed by atoms with Gasteiger partial charge in [0.25, 0.3) is 5.91 Å². The topological polar surface area (TPSA) is 79.8 Å². The van der Waals surface area contributed by atoms with Crippen LogP contribution in [0.4, 0.5) is 0 Å². The predicted octanol–water partition coefficient (Wildman–Crippen LogP) is 2.02. The molecule has 4 rings (SSSR count). The zero-order valence-electron chi connectivity index (χ0n) is 16.4. The zero-order chi connectivity index (χ0) is 21.1. The Balaban J connectivity index is 1.64. The molecule has 7 nitrogen and oxygen atoms in total. The number of carbonyl (C=O) groups is 3. The van der Waals surface area contributed by atoms with Crippen LogP contribution in [0, 0.1) is 5.92 Å². The van der Waals surface area contributed by atoms with Gasteiger partial charge in [0.2, 0.25) is 5.78 Å². The van der Waals surface area contributed by atoms with Gasteiger partial charge in [0, 0.05) is 49.2 Å². The number of ether oxygens (including phenoxy) is 1. The van der Waals surface area contributed by atoms with Gasteiger partial charge in [0.05, 0.1) is 19.3 Å². The summed E-state index contributed by atoms with van der Waals surface area (Å²) in [4.78, 5) is 46.9. The van der Waals surface area contributed by atoms with E-state index >= 15 is 0 Å². The molecule has 2 saturated heterocycles. The Morgan fingerprint density at radius 1 is 1.10 bits per heavy atom. The minimum Gasteiger partial charge on any atom is -0.379 e. The average molecular weight is 428 g/mol. The minimum absolute atomic E-state index is 0.356. The van der Waals surface area contributed by atoms with Crippen molar-refractivity contribution in [3.05, 3.63) is 64.9 Å². The molecule has 2 atom stereocenters. The van der Waals surface area contributed by atoms with Crippen molar-refractivity contribution in [2.75, 3.05) is 39.4 Å². The van der Waals surface area contributed by atoms with E-state index in [1.54, 1.807) is 48.8 Å². The highest BCUT2D eigenvalue weighted by Crippen LogP contribution is 2.37. The highest BCUT2D eigenvalue weighted by atomic mass is 35.5. The summed E-state index contributed by atoms with van der Waals surface area (Å²) in [5, 5.41) is 0.497. The number of amides is 1. The number of likely N-dealkylation sites (tertiary alicyclic amines) is 1. The van der Waals surface area contributed by atoms with Crippen LogP contribution in [0.2, 0.25) is 5.02 Å². The van der Waals surface area contributed by atoms with E-state index < -0.39 is 23.7 Å². The number of morpholine rings is 1. The molecule has 0 spiro atoms. The van der Waals surface area contributed by atoms with Gasteiger partial charge < -0.3 is 9.64 Å². The Morgan fingerprint density at radius 2 is 1.83 bits per heavy atom. The maximum atomic E-state index is 13.3. The van der Waals surface area contributed by atoms with Crippen LogP contribution in [-0.4, -0.2) is 71.7 Å². The number of benzene rings is 1. The van der Waals surface area contributed by atoms with Crippen LogP contribution in [0.1, 0.15) is 22.0 Å². The first-order chi connectivity index (χ1) is 14.6. The Kier molecular flexibility index (Phi) is 6.22. The second-order valence-corrected chi connectivity index (χ2v) is 7.83. The number of carbonyl (C=O) groups excluding carboxylic acids is 3. The molecule has 1 aromatic carbocycles. The van der Waals surface area contributed by atoms with Crippen LogP contribution in [-0.2, 0) is 14.3 Å². The Hall–Kier alpha value is -2.61. The third kappa shape index (κ3) is 4.14. The van der Waals surface area contributed by atoms with Gasteiger partial charge in [-0.05, 0) is 35.9 Å². The molecule has 30 heavy (non-hydrogen) atoms. The summed E-state index contributed by atoms with van der Waals surface area (Å²) in [6.45, 7) is 3.82. The van der Waals surface area contributed by atoms with Gasteiger partial charge in [-0.1, -0.05) is 17.7 Å². The number of hydrogen-bond donors (Lipinski definition) is 0. The molecule has 0 bridgehead atoms. The molecule has 0 saturated carbocycles. The number of pyridine rings is 1. The lowest BCUT2D eigenvalue weighted by Gasteiger charge is -2.31. The number of Topliss-reactive ketones (excluding diaryl/α,β-unsaturated/α-hetero) is 2. The number of halogens is 1. The van der Waals surface area contributed by atoms with Crippen LogP contribution in [0.5, 0.6) is 0 Å². The standard InChI is InChI=1S/C22H22ClN3O4/c23-17-5-3-15(4-6-17)20(27)18-19(16-2-1-7-24-14-16)26(22(29)21(18)28)9-8-25-10-12-30-13-11-25/h1-7,14,18-19H,8-13H2. The van der Waals surface area contributed by atoms with Gasteiger partial charge in [0.1, 0.15) is 5.92 Å². The Labute approximate surface area is 179 Å². The summed E-state index contributed by atoms with van der Waals surface area (Å²) in [6, 6.07) is 9.23. The highest BCUT2D eigenvalue weighted by molar-refractivity contribution is 6.44. The number of rotatable bonds is 6. The molecule has 0 N–H and O–H groups in total. The molecule has 0 radical (unpaired) electrons. The summed E-state index contributed by atoms with van der Waals surface area (Å²) in [7, 11) is 0. The van der Waals surface area contributed by atoms with Crippen LogP contribution < -0.4 is 0 Å². The van der Waals surface area contributed by atoms with E-state index in [4.69, 9.17) is 16.3 Å². The van der Waals surface area contributed by atoms with E-state index in [2.05, 4.69) is 9.88 Å². The molecular formula is C22H22ClN3O4. The van der Waals surface area contributed by atoms with Crippen molar-refractivity contribution in [2.24, 2.45) is 5.92 Å². The molecule has 1 aromatic heterocycles. The molecule has 2 aliphatic rings. The number of ketones is 2. The van der Waals surface area contributed by atoms with Crippen molar-refractivity contribution in [1.29, 1.82) is 0 Å². The second kappa shape index (κ2) is 9.04. The maximum absolute atomic E-state index is 13.3. The number of aromatic nitrogens is 1. The van der Waals surface area contributed by atoms with E-state index in [-0.39, 0.29) is 5.78 Å². The molecular weight excluding hydrogens is 406 g/mol. The van der Waals surface area contributed by atoms with Crippen LogP contribution in [0.15, 0.2) is 48.8 Å². The van der Waals surface area contributed by atoms with E-state index in [9.17, 15) is 14.4 Å². The molecule has 1 amide bonds. The highest BCUT2D eigenvalue weighted by Gasteiger charge is 2.51. The first-order valence-corrected chi connectivity index (χ1v) is 10.3. The summed E-state index contributed by atoms with van der Waals surface area (Å²) in [6.07, 6.45) is 3.23. The summed E-state index contributed by atoms with van der Waals surface area (Å²) in [5.74, 6) is -2.78. The normalized spacial score (nSPS) is 22.5. The van der Waals surface area contributed by atoms with Crippen molar-refractivity contribution < 1.29 is 19.1 Å². The van der Waals surface area contributed by atoms with Crippen molar-refractivity contribution in [3.8, 4) is 0 Å². The monoisotopic (exact) mass is 427 g/mol. The quantitative estimate of drug-likeness (QED) is 0.398. The summed E-state index contributed by atoms with van der Waals surface area (Å²) in [5.41, 5.74) is 1.03. The lowest BCUT2D eigenvalue weighted by molar-refractivity contribution is -0.141. The molecule has 156 valence electrons. The Bertz CT molecular complexity index is 929. The molecule has 2 unspecified atom stereocenters. The summed E-state index contributed by atoms with van der Waals surface area (Å²) < 4.78 is 5.37. The first kappa shape index (κ1) is 20.7.